The zero-order valence-corrected chi connectivity index (χ0v) is 7.28. The lowest BCUT2D eigenvalue weighted by molar-refractivity contribution is 0.136. The average molecular weight is 213 g/mol. The lowest BCUT2D eigenvalue weighted by Crippen LogP contribution is -1.98. The first-order valence-electron chi connectivity index (χ1n) is 3.97. The Hall–Kier alpha value is -2.05. The predicted octanol–water partition coefficient (Wildman–Crippen LogP) is 1.36. The van der Waals surface area contributed by atoms with Gasteiger partial charge in [-0.05, 0) is 0 Å². The molecular weight excluding hydrogens is 208 g/mol. The minimum absolute atomic E-state index is 0.136. The van der Waals surface area contributed by atoms with Crippen LogP contribution in [-0.4, -0.2) is 15.1 Å². The molecule has 0 amide bonds. The Morgan fingerprint density at radius 2 is 2.27 bits per heavy atom. The number of hydrogen-bond donors (Lipinski definition) is 1. The maximum atomic E-state index is 12.1. The number of rotatable bonds is 2. The van der Waals surface area contributed by atoms with Crippen LogP contribution >= 0.6 is 0 Å². The number of halogens is 2. The van der Waals surface area contributed by atoms with E-state index in [0.717, 1.165) is 0 Å². The molecule has 2 aromatic rings. The SMILES string of the molecule is O=c1cc[nH]c(-c2nc(C(F)F)no2)c1. The zero-order chi connectivity index (χ0) is 10.8. The van der Waals surface area contributed by atoms with Crippen LogP contribution in [0.4, 0.5) is 8.78 Å². The number of aromatic nitrogens is 3. The number of nitrogens with zero attached hydrogens (tertiary/aromatic N) is 2. The fourth-order valence-electron chi connectivity index (χ4n) is 1.00. The molecule has 0 radical (unpaired) electrons. The quantitative estimate of drug-likeness (QED) is 0.817. The molecule has 0 spiro atoms. The van der Waals surface area contributed by atoms with Crippen molar-refractivity contribution in [1.82, 2.24) is 15.1 Å². The van der Waals surface area contributed by atoms with Gasteiger partial charge >= 0.3 is 6.43 Å². The smallest absolute Gasteiger partial charge is 0.300 e. The number of hydrogen-bond acceptors (Lipinski definition) is 4. The van der Waals surface area contributed by atoms with Crippen LogP contribution in [0.2, 0.25) is 0 Å². The number of H-pyrrole nitrogens is 1. The van der Waals surface area contributed by atoms with Gasteiger partial charge in [-0.3, -0.25) is 4.79 Å². The topological polar surface area (TPSA) is 71.8 Å². The Kier molecular flexibility index (Phi) is 2.28. The van der Waals surface area contributed by atoms with Gasteiger partial charge in [-0.2, -0.15) is 4.98 Å². The molecule has 0 unspecified atom stereocenters. The van der Waals surface area contributed by atoms with Crippen LogP contribution in [0.3, 0.4) is 0 Å². The van der Waals surface area contributed by atoms with Gasteiger partial charge < -0.3 is 9.51 Å². The summed E-state index contributed by atoms with van der Waals surface area (Å²) in [5.74, 6) is -0.835. The van der Waals surface area contributed by atoms with Crippen molar-refractivity contribution in [2.24, 2.45) is 0 Å². The fourth-order valence-corrected chi connectivity index (χ4v) is 1.00. The maximum absolute atomic E-state index is 12.1. The van der Waals surface area contributed by atoms with Crippen LogP contribution < -0.4 is 5.43 Å². The molecule has 2 rings (SSSR count). The molecule has 78 valence electrons. The van der Waals surface area contributed by atoms with Gasteiger partial charge in [0.1, 0.15) is 5.69 Å². The van der Waals surface area contributed by atoms with E-state index in [1.807, 2.05) is 0 Å². The minimum atomic E-state index is -2.79. The summed E-state index contributed by atoms with van der Waals surface area (Å²) in [6, 6.07) is 2.47. The summed E-state index contributed by atoms with van der Waals surface area (Å²) in [4.78, 5) is 17.0. The molecule has 0 fully saturated rings. The molecule has 0 aromatic carbocycles. The Morgan fingerprint density at radius 1 is 1.47 bits per heavy atom. The number of pyridine rings is 1. The first kappa shape index (κ1) is 9.50. The van der Waals surface area contributed by atoms with Gasteiger partial charge in [-0.25, -0.2) is 8.78 Å². The molecule has 0 aliphatic heterocycles. The molecule has 0 saturated carbocycles. The van der Waals surface area contributed by atoms with Crippen LogP contribution in [0.5, 0.6) is 0 Å². The van der Waals surface area contributed by atoms with E-state index < -0.39 is 12.2 Å². The normalized spacial score (nSPS) is 10.9. The average Bonchev–Trinajstić information content (AvgIpc) is 2.66. The first-order valence-corrected chi connectivity index (χ1v) is 3.97. The summed E-state index contributed by atoms with van der Waals surface area (Å²) >= 11 is 0. The number of nitrogens with one attached hydrogen (secondary N) is 1. The van der Waals surface area contributed by atoms with Crippen molar-refractivity contribution in [1.29, 1.82) is 0 Å². The summed E-state index contributed by atoms with van der Waals surface area (Å²) in [7, 11) is 0. The van der Waals surface area contributed by atoms with E-state index in [1.165, 1.54) is 18.3 Å². The number of aromatic amines is 1. The molecule has 1 N–H and O–H groups in total. The summed E-state index contributed by atoms with van der Waals surface area (Å²) < 4.78 is 28.8. The molecule has 0 aliphatic carbocycles. The highest BCUT2D eigenvalue weighted by Crippen LogP contribution is 2.18. The molecule has 0 atom stereocenters. The van der Waals surface area contributed by atoms with Crippen LogP contribution in [0.1, 0.15) is 12.2 Å². The molecule has 5 nitrogen and oxygen atoms in total. The van der Waals surface area contributed by atoms with Crippen molar-refractivity contribution in [3.8, 4) is 11.6 Å². The summed E-state index contributed by atoms with van der Waals surface area (Å²) in [6.45, 7) is 0. The van der Waals surface area contributed by atoms with Crippen LogP contribution in [-0.2, 0) is 0 Å². The monoisotopic (exact) mass is 213 g/mol. The van der Waals surface area contributed by atoms with Crippen LogP contribution in [0, 0.1) is 0 Å². The van der Waals surface area contributed by atoms with Crippen molar-refractivity contribution in [2.75, 3.05) is 0 Å². The molecule has 2 aromatic heterocycles. The van der Waals surface area contributed by atoms with Gasteiger partial charge in [-0.1, -0.05) is 5.16 Å². The van der Waals surface area contributed by atoms with E-state index in [1.54, 1.807) is 0 Å². The van der Waals surface area contributed by atoms with E-state index in [2.05, 4.69) is 19.6 Å². The standard InChI is InChI=1S/C8H5F2N3O2/c9-6(10)7-12-8(15-13-7)5-3-4(14)1-2-11-5/h1-3,6H,(H,11,14). The molecule has 15 heavy (non-hydrogen) atoms. The lowest BCUT2D eigenvalue weighted by atomic mass is 10.3. The second-order valence-electron chi connectivity index (χ2n) is 2.70. The maximum Gasteiger partial charge on any atom is 0.300 e. The van der Waals surface area contributed by atoms with E-state index >= 15 is 0 Å². The van der Waals surface area contributed by atoms with Gasteiger partial charge in [0.2, 0.25) is 5.82 Å². The van der Waals surface area contributed by atoms with Gasteiger partial charge in [0.15, 0.2) is 5.43 Å². The Labute approximate surface area is 81.8 Å². The molecule has 0 bridgehead atoms. The molecule has 0 saturated heterocycles. The van der Waals surface area contributed by atoms with Crippen molar-refractivity contribution < 1.29 is 13.3 Å². The highest BCUT2D eigenvalue weighted by molar-refractivity contribution is 5.45. The van der Waals surface area contributed by atoms with Crippen molar-refractivity contribution >= 4 is 0 Å². The van der Waals surface area contributed by atoms with Crippen molar-refractivity contribution in [3.05, 3.63) is 34.4 Å². The van der Waals surface area contributed by atoms with E-state index in [9.17, 15) is 13.6 Å². The second kappa shape index (κ2) is 3.60. The molecule has 7 heteroatoms. The van der Waals surface area contributed by atoms with Gasteiger partial charge in [0, 0.05) is 18.3 Å². The highest BCUT2D eigenvalue weighted by Gasteiger charge is 2.16. The Morgan fingerprint density at radius 3 is 2.87 bits per heavy atom. The molecular formula is C8H5F2N3O2. The summed E-state index contributed by atoms with van der Waals surface area (Å²) in [6.07, 6.45) is -1.43. The predicted molar refractivity (Wildman–Crippen MR) is 45.3 cm³/mol. The van der Waals surface area contributed by atoms with Crippen LogP contribution in [0.25, 0.3) is 11.6 Å². The summed E-state index contributed by atoms with van der Waals surface area (Å²) in [5.41, 5.74) is -0.0672. The van der Waals surface area contributed by atoms with Gasteiger partial charge in [0.05, 0.1) is 0 Å². The third kappa shape index (κ3) is 1.90. The zero-order valence-electron chi connectivity index (χ0n) is 7.28. The third-order valence-electron chi connectivity index (χ3n) is 1.64. The van der Waals surface area contributed by atoms with E-state index in [-0.39, 0.29) is 17.0 Å². The van der Waals surface area contributed by atoms with Crippen LogP contribution in [0.15, 0.2) is 27.6 Å². The minimum Gasteiger partial charge on any atom is -0.357 e. The van der Waals surface area contributed by atoms with Crippen molar-refractivity contribution in [3.63, 3.8) is 0 Å². The Bertz CT molecular complexity index is 520. The number of alkyl halides is 2. The van der Waals surface area contributed by atoms with E-state index in [0.29, 0.717) is 0 Å². The largest absolute Gasteiger partial charge is 0.357 e. The van der Waals surface area contributed by atoms with Crippen molar-refractivity contribution in [2.45, 2.75) is 6.43 Å². The van der Waals surface area contributed by atoms with Gasteiger partial charge in [-0.15, -0.1) is 0 Å². The lowest BCUT2D eigenvalue weighted by Gasteiger charge is -1.91. The third-order valence-corrected chi connectivity index (χ3v) is 1.64. The highest BCUT2D eigenvalue weighted by atomic mass is 19.3. The summed E-state index contributed by atoms with van der Waals surface area (Å²) in [5, 5.41) is 3.06. The second-order valence-corrected chi connectivity index (χ2v) is 2.70. The molecule has 2 heterocycles. The Balaban J connectivity index is 2.41. The fraction of sp³-hybridized carbons (Fsp3) is 0.125. The van der Waals surface area contributed by atoms with Gasteiger partial charge in [0.25, 0.3) is 5.89 Å². The van der Waals surface area contributed by atoms with E-state index in [4.69, 9.17) is 0 Å². The molecule has 0 aliphatic rings. The first-order chi connectivity index (χ1) is 7.16.